The fraction of sp³-hybridized carbons (Fsp3) is 0.469. The second kappa shape index (κ2) is 12.5. The zero-order valence-electron chi connectivity index (χ0n) is 21.4. The number of hydrogen-bond donors (Lipinski definition) is 0. The molecule has 2 aromatic rings. The number of carbonyl (C=O) groups excluding carboxylic acids is 1. The molecule has 2 aliphatic rings. The normalized spacial score (nSPS) is 23.9. The molecule has 4 heteroatoms. The third-order valence-electron chi connectivity index (χ3n) is 8.24. The van der Waals surface area contributed by atoms with Gasteiger partial charge in [0.1, 0.15) is 17.4 Å². The van der Waals surface area contributed by atoms with Crippen LogP contribution in [0.2, 0.25) is 0 Å². The topological polar surface area (TPSA) is 26.3 Å². The van der Waals surface area contributed by atoms with Crippen LogP contribution in [-0.4, -0.2) is 5.97 Å². The maximum absolute atomic E-state index is 15.0. The summed E-state index contributed by atoms with van der Waals surface area (Å²) in [6.07, 6.45) is 17.1. The number of aryl methyl sites for hydroxylation is 1. The fourth-order valence-electron chi connectivity index (χ4n) is 6.21. The molecule has 2 aliphatic carbocycles. The lowest BCUT2D eigenvalue weighted by Gasteiger charge is -2.42. The Balaban J connectivity index is 1.35. The summed E-state index contributed by atoms with van der Waals surface area (Å²) in [4.78, 5) is 12.6. The summed E-state index contributed by atoms with van der Waals surface area (Å²) in [7, 11) is 0. The van der Waals surface area contributed by atoms with Crippen LogP contribution in [0.25, 0.3) is 0 Å². The highest BCUT2D eigenvalue weighted by molar-refractivity contribution is 5.91. The van der Waals surface area contributed by atoms with E-state index < -0.39 is 17.6 Å². The van der Waals surface area contributed by atoms with Crippen molar-refractivity contribution in [1.29, 1.82) is 0 Å². The Kier molecular flexibility index (Phi) is 9.12. The third kappa shape index (κ3) is 6.52. The van der Waals surface area contributed by atoms with E-state index in [2.05, 4.69) is 25.7 Å². The summed E-state index contributed by atoms with van der Waals surface area (Å²) >= 11 is 0. The van der Waals surface area contributed by atoms with Gasteiger partial charge in [-0.05, 0) is 118 Å². The molecule has 2 fully saturated rings. The van der Waals surface area contributed by atoms with Gasteiger partial charge >= 0.3 is 5.97 Å². The smallest absolute Gasteiger partial charge is 0.346 e. The van der Waals surface area contributed by atoms with Crippen molar-refractivity contribution >= 4 is 5.97 Å². The number of benzene rings is 2. The monoisotopic (exact) mass is 492 g/mol. The number of allylic oxidation sites excluding steroid dienone is 3. The summed E-state index contributed by atoms with van der Waals surface area (Å²) in [5.41, 5.74) is 1.38. The highest BCUT2D eigenvalue weighted by Crippen LogP contribution is 2.48. The summed E-state index contributed by atoms with van der Waals surface area (Å²) < 4.78 is 34.5. The van der Waals surface area contributed by atoms with Crippen LogP contribution in [-0.2, 0) is 6.42 Å². The zero-order chi connectivity index (χ0) is 25.5. The van der Waals surface area contributed by atoms with Crippen LogP contribution >= 0.6 is 0 Å². The molecule has 0 spiro atoms. The molecule has 0 aliphatic heterocycles. The maximum Gasteiger partial charge on any atom is 0.346 e. The number of fused-ring (bicyclic) bond motifs is 1. The first-order valence-electron chi connectivity index (χ1n) is 13.5. The van der Waals surface area contributed by atoms with Crippen molar-refractivity contribution in [3.8, 4) is 5.75 Å². The zero-order valence-corrected chi connectivity index (χ0v) is 21.4. The molecule has 4 unspecified atom stereocenters. The minimum atomic E-state index is -0.808. The van der Waals surface area contributed by atoms with Crippen LogP contribution in [0.15, 0.2) is 61.2 Å². The average Bonchev–Trinajstić information content (AvgIpc) is 2.88. The van der Waals surface area contributed by atoms with Gasteiger partial charge in [0.25, 0.3) is 0 Å². The lowest BCUT2D eigenvalue weighted by atomic mass is 9.63. The predicted molar refractivity (Wildman–Crippen MR) is 141 cm³/mol. The number of hydrogen-bond acceptors (Lipinski definition) is 2. The molecule has 2 aromatic carbocycles. The molecule has 0 heterocycles. The van der Waals surface area contributed by atoms with Crippen molar-refractivity contribution in [3.05, 3.63) is 89.5 Å². The molecule has 0 aromatic heterocycles. The Bertz CT molecular complexity index is 1090. The summed E-state index contributed by atoms with van der Waals surface area (Å²) in [5, 5.41) is 0. The quantitative estimate of drug-likeness (QED) is 0.198. The van der Waals surface area contributed by atoms with E-state index in [0.29, 0.717) is 24.3 Å². The van der Waals surface area contributed by atoms with Crippen LogP contribution in [0.3, 0.4) is 0 Å². The Morgan fingerprint density at radius 1 is 1.00 bits per heavy atom. The van der Waals surface area contributed by atoms with Crippen LogP contribution in [0.1, 0.15) is 92.1 Å². The summed E-state index contributed by atoms with van der Waals surface area (Å²) in [6, 6.07) is 9.20. The highest BCUT2D eigenvalue weighted by atomic mass is 19.1. The van der Waals surface area contributed by atoms with Gasteiger partial charge in [0.05, 0.1) is 5.56 Å². The molecular weight excluding hydrogens is 454 g/mol. The Labute approximate surface area is 214 Å². The van der Waals surface area contributed by atoms with Gasteiger partial charge in [0.2, 0.25) is 0 Å². The van der Waals surface area contributed by atoms with Gasteiger partial charge in [0, 0.05) is 6.07 Å². The number of esters is 1. The molecule has 0 saturated heterocycles. The molecule has 0 radical (unpaired) electrons. The van der Waals surface area contributed by atoms with Gasteiger partial charge in [-0.2, -0.15) is 0 Å². The first kappa shape index (κ1) is 26.3. The number of rotatable bonds is 9. The standard InChI is InChI=1S/C32H38F2O2/c1-3-5-7-8-22-10-11-25-19-26(13-12-24(25)18-22)27-15-17-29(31(34)20-27)32(35)36-28-16-14-23(9-6-4-2)30(33)21-28/h3-5,14-17,20-22,24-26H,2,6-13,18-19H2,1H3/b5-3+. The van der Waals surface area contributed by atoms with Crippen LogP contribution in [0.4, 0.5) is 8.78 Å². The van der Waals surface area contributed by atoms with Crippen LogP contribution in [0.5, 0.6) is 5.75 Å². The molecule has 0 bridgehead atoms. The lowest BCUT2D eigenvalue weighted by Crippen LogP contribution is -2.30. The van der Waals surface area contributed by atoms with Gasteiger partial charge in [-0.25, -0.2) is 13.6 Å². The minimum Gasteiger partial charge on any atom is -0.423 e. The molecule has 36 heavy (non-hydrogen) atoms. The van der Waals surface area contributed by atoms with E-state index >= 15 is 0 Å². The van der Waals surface area contributed by atoms with Crippen LogP contribution < -0.4 is 4.74 Å². The van der Waals surface area contributed by atoms with Crippen molar-refractivity contribution < 1.29 is 18.3 Å². The Hall–Kier alpha value is -2.75. The Morgan fingerprint density at radius 2 is 1.81 bits per heavy atom. The number of ether oxygens (including phenoxy) is 1. The average molecular weight is 493 g/mol. The molecule has 0 amide bonds. The summed E-state index contributed by atoms with van der Waals surface area (Å²) in [5.74, 6) is 0.948. The van der Waals surface area contributed by atoms with Gasteiger partial charge < -0.3 is 4.74 Å². The molecular formula is C32H38F2O2. The first-order valence-corrected chi connectivity index (χ1v) is 13.5. The van der Waals surface area contributed by atoms with E-state index in [9.17, 15) is 13.6 Å². The van der Waals surface area contributed by atoms with Gasteiger partial charge in [-0.15, -0.1) is 6.58 Å². The number of carbonyl (C=O) groups is 1. The van der Waals surface area contributed by atoms with Gasteiger partial charge in [-0.1, -0.05) is 36.8 Å². The van der Waals surface area contributed by atoms with Gasteiger partial charge in [0.15, 0.2) is 0 Å². The molecule has 0 N–H and O–H groups in total. The van der Waals surface area contributed by atoms with Crippen molar-refractivity contribution in [2.24, 2.45) is 17.8 Å². The second-order valence-corrected chi connectivity index (χ2v) is 10.6. The molecule has 4 atom stereocenters. The maximum atomic E-state index is 15.0. The van der Waals surface area contributed by atoms with E-state index in [1.54, 1.807) is 18.2 Å². The first-order chi connectivity index (χ1) is 17.5. The largest absolute Gasteiger partial charge is 0.423 e. The molecule has 2 nitrogen and oxygen atoms in total. The van der Waals surface area contributed by atoms with E-state index in [1.807, 2.05) is 6.07 Å². The molecule has 2 saturated carbocycles. The van der Waals surface area contributed by atoms with Crippen LogP contribution in [0, 0.1) is 29.4 Å². The fourth-order valence-corrected chi connectivity index (χ4v) is 6.21. The van der Waals surface area contributed by atoms with E-state index in [0.717, 1.165) is 36.2 Å². The highest BCUT2D eigenvalue weighted by Gasteiger charge is 2.36. The van der Waals surface area contributed by atoms with Crippen molar-refractivity contribution in [3.63, 3.8) is 0 Å². The predicted octanol–water partition coefficient (Wildman–Crippen LogP) is 8.96. The second-order valence-electron chi connectivity index (χ2n) is 10.6. The van der Waals surface area contributed by atoms with E-state index in [-0.39, 0.29) is 11.3 Å². The molecule has 4 rings (SSSR count). The summed E-state index contributed by atoms with van der Waals surface area (Å²) in [6.45, 7) is 5.73. The Morgan fingerprint density at radius 3 is 2.56 bits per heavy atom. The SMILES string of the molecule is C=CCCc1ccc(OC(=O)c2ccc(C3CCC4CC(CC/C=C/C)CCC4C3)cc2F)cc1F. The minimum absolute atomic E-state index is 0.0722. The van der Waals surface area contributed by atoms with Crippen molar-refractivity contribution in [2.75, 3.05) is 0 Å². The van der Waals surface area contributed by atoms with E-state index in [1.165, 1.54) is 56.7 Å². The van der Waals surface area contributed by atoms with Crippen molar-refractivity contribution in [1.82, 2.24) is 0 Å². The third-order valence-corrected chi connectivity index (χ3v) is 8.24. The lowest BCUT2D eigenvalue weighted by molar-refractivity contribution is 0.0729. The number of halogens is 2. The van der Waals surface area contributed by atoms with Crippen molar-refractivity contribution in [2.45, 2.75) is 77.0 Å². The van der Waals surface area contributed by atoms with E-state index in [4.69, 9.17) is 4.74 Å². The molecule has 192 valence electrons. The van der Waals surface area contributed by atoms with Gasteiger partial charge in [-0.3, -0.25) is 0 Å².